The van der Waals surface area contributed by atoms with Gasteiger partial charge >= 0.3 is 5.97 Å². The summed E-state index contributed by atoms with van der Waals surface area (Å²) >= 11 is 0. The van der Waals surface area contributed by atoms with Crippen LogP contribution in [0.25, 0.3) is 6.08 Å². The Morgan fingerprint density at radius 2 is 1.67 bits per heavy atom. The summed E-state index contributed by atoms with van der Waals surface area (Å²) in [5.41, 5.74) is 2.74. The van der Waals surface area contributed by atoms with Crippen LogP contribution < -0.4 is 0 Å². The van der Waals surface area contributed by atoms with Gasteiger partial charge in [0, 0.05) is 6.92 Å². The third-order valence-electron chi connectivity index (χ3n) is 2.54. The third kappa shape index (κ3) is 4.17. The van der Waals surface area contributed by atoms with Crippen LogP contribution in [-0.4, -0.2) is 5.97 Å². The number of hydrogen-bond acceptors (Lipinski definition) is 2. The van der Waals surface area contributed by atoms with Crippen LogP contribution in [0.3, 0.4) is 0 Å². The summed E-state index contributed by atoms with van der Waals surface area (Å²) in [5, 5.41) is 0. The first kappa shape index (κ1) is 14.2. The molecule has 0 saturated heterocycles. The van der Waals surface area contributed by atoms with Crippen molar-refractivity contribution in [2.45, 2.75) is 27.7 Å². The first-order valence-corrected chi connectivity index (χ1v) is 5.70. The van der Waals surface area contributed by atoms with Gasteiger partial charge in [-0.2, -0.15) is 0 Å². The van der Waals surface area contributed by atoms with Crippen LogP contribution in [0, 0.1) is 5.82 Å². The predicted octanol–water partition coefficient (Wildman–Crippen LogP) is 4.09. The Kier molecular flexibility index (Phi) is 4.84. The molecule has 0 heterocycles. The quantitative estimate of drug-likeness (QED) is 0.457. The van der Waals surface area contributed by atoms with Gasteiger partial charge < -0.3 is 4.74 Å². The molecular weight excluding hydrogens is 231 g/mol. The lowest BCUT2D eigenvalue weighted by atomic mass is 10.1. The van der Waals surface area contributed by atoms with Gasteiger partial charge in [-0.1, -0.05) is 17.7 Å². The molecule has 0 bridgehead atoms. The van der Waals surface area contributed by atoms with Crippen molar-refractivity contribution < 1.29 is 13.9 Å². The maximum atomic E-state index is 12.8. The molecule has 1 aromatic carbocycles. The molecule has 0 radical (unpaired) electrons. The number of allylic oxidation sites excluding steroid dienone is 2. The Balaban J connectivity index is 3.14. The number of halogens is 1. The Morgan fingerprint density at radius 3 is 2.11 bits per heavy atom. The van der Waals surface area contributed by atoms with Crippen molar-refractivity contribution in [2.24, 2.45) is 0 Å². The molecule has 0 spiro atoms. The molecule has 0 N–H and O–H groups in total. The van der Waals surface area contributed by atoms with E-state index < -0.39 is 0 Å². The minimum Gasteiger partial charge on any atom is -0.426 e. The molecule has 18 heavy (non-hydrogen) atoms. The zero-order valence-corrected chi connectivity index (χ0v) is 11.1. The predicted molar refractivity (Wildman–Crippen MR) is 70.2 cm³/mol. The minimum absolute atomic E-state index is 0.292. The van der Waals surface area contributed by atoms with Gasteiger partial charge in [0.1, 0.15) is 11.6 Å². The maximum absolute atomic E-state index is 12.8. The van der Waals surface area contributed by atoms with Gasteiger partial charge in [0.2, 0.25) is 0 Å². The summed E-state index contributed by atoms with van der Waals surface area (Å²) in [6.45, 7) is 7.12. The molecular formula is C15H17FO2. The van der Waals surface area contributed by atoms with E-state index in [2.05, 4.69) is 0 Å². The van der Waals surface area contributed by atoms with Gasteiger partial charge in [0.05, 0.1) is 0 Å². The van der Waals surface area contributed by atoms with E-state index in [1.54, 1.807) is 18.2 Å². The molecule has 2 nitrogen and oxygen atoms in total. The van der Waals surface area contributed by atoms with Crippen LogP contribution in [-0.2, 0) is 9.53 Å². The summed E-state index contributed by atoms with van der Waals surface area (Å²) in [7, 11) is 0. The van der Waals surface area contributed by atoms with Crippen LogP contribution in [0.5, 0.6) is 0 Å². The van der Waals surface area contributed by atoms with Crippen molar-refractivity contribution in [3.05, 3.63) is 52.6 Å². The van der Waals surface area contributed by atoms with E-state index in [0.29, 0.717) is 5.76 Å². The fourth-order valence-electron chi connectivity index (χ4n) is 1.33. The molecule has 0 aliphatic carbocycles. The van der Waals surface area contributed by atoms with Crippen molar-refractivity contribution >= 4 is 12.0 Å². The zero-order chi connectivity index (χ0) is 13.7. The summed E-state index contributed by atoms with van der Waals surface area (Å²) < 4.78 is 18.0. The Bertz CT molecular complexity index is 492. The van der Waals surface area contributed by atoms with E-state index in [1.807, 2.05) is 20.8 Å². The molecule has 0 aliphatic rings. The van der Waals surface area contributed by atoms with Crippen LogP contribution >= 0.6 is 0 Å². The minimum atomic E-state index is -0.371. The second kappa shape index (κ2) is 6.15. The molecule has 0 atom stereocenters. The SMILES string of the molecule is CC(=O)O/C(=C\c1ccc(F)cc1)C(C)=C(C)C. The van der Waals surface area contributed by atoms with Gasteiger partial charge in [-0.15, -0.1) is 0 Å². The van der Waals surface area contributed by atoms with Gasteiger partial charge in [-0.05, 0) is 50.1 Å². The fourth-order valence-corrected chi connectivity index (χ4v) is 1.33. The second-order valence-electron chi connectivity index (χ2n) is 4.28. The standard InChI is InChI=1S/C15H17FO2/c1-10(2)11(3)15(18-12(4)17)9-13-5-7-14(16)8-6-13/h5-9H,1-4H3/b15-9-. The molecule has 0 aromatic heterocycles. The molecule has 0 aliphatic heterocycles. The normalized spacial score (nSPS) is 11.1. The van der Waals surface area contributed by atoms with Crippen molar-refractivity contribution in [2.75, 3.05) is 0 Å². The summed E-state index contributed by atoms with van der Waals surface area (Å²) in [6, 6.07) is 6.01. The van der Waals surface area contributed by atoms with Crippen LogP contribution in [0.1, 0.15) is 33.3 Å². The second-order valence-corrected chi connectivity index (χ2v) is 4.28. The topological polar surface area (TPSA) is 26.3 Å². The van der Waals surface area contributed by atoms with Crippen molar-refractivity contribution in [3.8, 4) is 0 Å². The third-order valence-corrected chi connectivity index (χ3v) is 2.54. The number of carbonyl (C=O) groups is 1. The first-order valence-electron chi connectivity index (χ1n) is 5.70. The van der Waals surface area contributed by atoms with Gasteiger partial charge in [0.15, 0.2) is 0 Å². The largest absolute Gasteiger partial charge is 0.426 e. The smallest absolute Gasteiger partial charge is 0.308 e. The molecule has 0 saturated carbocycles. The van der Waals surface area contributed by atoms with Gasteiger partial charge in [-0.3, -0.25) is 4.79 Å². The highest BCUT2D eigenvalue weighted by molar-refractivity contribution is 5.70. The molecule has 1 rings (SSSR count). The number of benzene rings is 1. The number of ether oxygens (including phenoxy) is 1. The molecule has 1 aromatic rings. The molecule has 0 unspecified atom stereocenters. The monoisotopic (exact) mass is 248 g/mol. The van der Waals surface area contributed by atoms with Crippen LogP contribution in [0.4, 0.5) is 4.39 Å². The Hall–Kier alpha value is -1.90. The molecule has 0 amide bonds. The van der Waals surface area contributed by atoms with Crippen molar-refractivity contribution in [3.63, 3.8) is 0 Å². The molecule has 0 fully saturated rings. The molecule has 3 heteroatoms. The van der Waals surface area contributed by atoms with Crippen molar-refractivity contribution in [1.82, 2.24) is 0 Å². The summed E-state index contributed by atoms with van der Waals surface area (Å²) in [6.07, 6.45) is 1.73. The highest BCUT2D eigenvalue weighted by Gasteiger charge is 2.07. The number of esters is 1. The van der Waals surface area contributed by atoms with E-state index in [0.717, 1.165) is 16.7 Å². The maximum Gasteiger partial charge on any atom is 0.308 e. The van der Waals surface area contributed by atoms with E-state index >= 15 is 0 Å². The number of rotatable bonds is 3. The van der Waals surface area contributed by atoms with Crippen LogP contribution in [0.2, 0.25) is 0 Å². The first-order chi connectivity index (χ1) is 8.40. The highest BCUT2D eigenvalue weighted by Crippen LogP contribution is 2.19. The van der Waals surface area contributed by atoms with E-state index in [1.165, 1.54) is 19.1 Å². The Morgan fingerprint density at radius 1 is 1.11 bits per heavy atom. The fraction of sp³-hybridized carbons (Fsp3) is 0.267. The summed E-state index contributed by atoms with van der Waals surface area (Å²) in [4.78, 5) is 11.1. The summed E-state index contributed by atoms with van der Waals surface area (Å²) in [5.74, 6) is -0.168. The zero-order valence-electron chi connectivity index (χ0n) is 11.1. The number of hydrogen-bond donors (Lipinski definition) is 0. The average molecular weight is 248 g/mol. The van der Waals surface area contributed by atoms with E-state index in [9.17, 15) is 9.18 Å². The van der Waals surface area contributed by atoms with Gasteiger partial charge in [0.25, 0.3) is 0 Å². The lowest BCUT2D eigenvalue weighted by Crippen LogP contribution is -2.01. The van der Waals surface area contributed by atoms with E-state index in [-0.39, 0.29) is 11.8 Å². The van der Waals surface area contributed by atoms with Gasteiger partial charge in [-0.25, -0.2) is 4.39 Å². The number of carbonyl (C=O) groups excluding carboxylic acids is 1. The Labute approximate surface area is 107 Å². The average Bonchev–Trinajstić information content (AvgIpc) is 2.29. The van der Waals surface area contributed by atoms with Crippen molar-refractivity contribution in [1.29, 1.82) is 0 Å². The lowest BCUT2D eigenvalue weighted by molar-refractivity contribution is -0.136. The lowest BCUT2D eigenvalue weighted by Gasteiger charge is -2.09. The highest BCUT2D eigenvalue weighted by atomic mass is 19.1. The molecule has 96 valence electrons. The van der Waals surface area contributed by atoms with E-state index in [4.69, 9.17) is 4.74 Å². The van der Waals surface area contributed by atoms with Crippen LogP contribution in [0.15, 0.2) is 41.2 Å².